The minimum Gasteiger partial charge on any atom is -0.465 e. The molecule has 1 aliphatic rings. The summed E-state index contributed by atoms with van der Waals surface area (Å²) >= 11 is 3.42. The van der Waals surface area contributed by atoms with E-state index in [-0.39, 0.29) is 19.1 Å². The van der Waals surface area contributed by atoms with Crippen molar-refractivity contribution < 1.29 is 19.1 Å². The molecular formula is C13H14BrNO4. The summed E-state index contributed by atoms with van der Waals surface area (Å²) in [6.45, 7) is 1.90. The van der Waals surface area contributed by atoms with Gasteiger partial charge in [0.2, 0.25) is 0 Å². The predicted octanol–water partition coefficient (Wildman–Crippen LogP) is 1.87. The molecule has 1 aromatic rings. The lowest BCUT2D eigenvalue weighted by Crippen LogP contribution is -2.34. The van der Waals surface area contributed by atoms with Crippen molar-refractivity contribution in [2.45, 2.75) is 13.2 Å². The second-order valence-electron chi connectivity index (χ2n) is 4.01. The summed E-state index contributed by atoms with van der Waals surface area (Å²) in [5, 5.41) is 0. The van der Waals surface area contributed by atoms with Crippen LogP contribution in [0.2, 0.25) is 0 Å². The number of carbonyl (C=O) groups excluding carboxylic acids is 2. The molecule has 1 aromatic carbocycles. The summed E-state index contributed by atoms with van der Waals surface area (Å²) in [5.41, 5.74) is 0.817. The van der Waals surface area contributed by atoms with Gasteiger partial charge in [-0.25, -0.2) is 0 Å². The number of hydrogen-bond donors (Lipinski definition) is 0. The minimum atomic E-state index is -0.549. The third-order valence-corrected chi connectivity index (χ3v) is 3.47. The highest BCUT2D eigenvalue weighted by molar-refractivity contribution is 9.10. The molecule has 1 atom stereocenters. The van der Waals surface area contributed by atoms with Gasteiger partial charge in [-0.05, 0) is 13.0 Å². The van der Waals surface area contributed by atoms with Crippen LogP contribution in [0.3, 0.4) is 0 Å². The fourth-order valence-corrected chi connectivity index (χ4v) is 2.38. The van der Waals surface area contributed by atoms with Crippen molar-refractivity contribution >= 4 is 27.8 Å². The van der Waals surface area contributed by atoms with Crippen molar-refractivity contribution in [1.29, 1.82) is 0 Å². The molecule has 1 unspecified atom stereocenters. The zero-order valence-electron chi connectivity index (χ0n) is 10.5. The fourth-order valence-electron chi connectivity index (χ4n) is 1.90. The Balaban J connectivity index is 2.18. The van der Waals surface area contributed by atoms with Crippen LogP contribution in [0, 0.1) is 0 Å². The zero-order valence-corrected chi connectivity index (χ0v) is 12.1. The number of rotatable bonds is 4. The van der Waals surface area contributed by atoms with Crippen molar-refractivity contribution in [1.82, 2.24) is 4.90 Å². The molecule has 0 aliphatic carbocycles. The molecule has 0 N–H and O–H groups in total. The van der Waals surface area contributed by atoms with Gasteiger partial charge in [0, 0.05) is 10.0 Å². The van der Waals surface area contributed by atoms with Crippen molar-refractivity contribution in [2.75, 3.05) is 19.8 Å². The van der Waals surface area contributed by atoms with E-state index in [0.717, 1.165) is 10.0 Å². The normalized spacial score (nSPS) is 18.7. The summed E-state index contributed by atoms with van der Waals surface area (Å²) in [6.07, 6.45) is -0.549. The Labute approximate surface area is 119 Å². The zero-order chi connectivity index (χ0) is 13.8. The summed E-state index contributed by atoms with van der Waals surface area (Å²) in [7, 11) is 0. The fraction of sp³-hybridized carbons (Fsp3) is 0.385. The molecule has 102 valence electrons. The van der Waals surface area contributed by atoms with Gasteiger partial charge < -0.3 is 9.47 Å². The molecule has 1 heterocycles. The number of amides is 1. The Morgan fingerprint density at radius 1 is 1.53 bits per heavy atom. The first-order chi connectivity index (χ1) is 9.13. The molecule has 19 heavy (non-hydrogen) atoms. The third kappa shape index (κ3) is 3.13. The number of esters is 1. The first kappa shape index (κ1) is 14.0. The maximum absolute atomic E-state index is 11.8. The molecule has 0 radical (unpaired) electrons. The Hall–Kier alpha value is -1.40. The van der Waals surface area contributed by atoms with Crippen molar-refractivity contribution in [2.24, 2.45) is 0 Å². The van der Waals surface area contributed by atoms with Crippen LogP contribution in [0.1, 0.15) is 18.7 Å². The van der Waals surface area contributed by atoms with Crippen molar-refractivity contribution in [3.63, 3.8) is 0 Å². The van der Waals surface area contributed by atoms with Crippen LogP contribution in [0.4, 0.5) is 0 Å². The monoisotopic (exact) mass is 327 g/mol. The molecular weight excluding hydrogens is 314 g/mol. The van der Waals surface area contributed by atoms with Crippen molar-refractivity contribution in [3.05, 3.63) is 34.3 Å². The lowest BCUT2D eigenvalue weighted by Gasteiger charge is -2.23. The van der Waals surface area contributed by atoms with Gasteiger partial charge in [0.1, 0.15) is 13.2 Å². The first-order valence-electron chi connectivity index (χ1n) is 5.94. The van der Waals surface area contributed by atoms with E-state index in [4.69, 9.17) is 9.47 Å². The molecule has 1 aliphatic heterocycles. The number of carbonyl (C=O) groups is 2. The van der Waals surface area contributed by atoms with E-state index >= 15 is 0 Å². The summed E-state index contributed by atoms with van der Waals surface area (Å²) in [5.74, 6) is -0.646. The molecule has 0 saturated carbocycles. The summed E-state index contributed by atoms with van der Waals surface area (Å²) in [4.78, 5) is 24.7. The van der Waals surface area contributed by atoms with Gasteiger partial charge in [-0.2, -0.15) is 0 Å². The number of hydrogen-bond acceptors (Lipinski definition) is 4. The van der Waals surface area contributed by atoms with E-state index in [0.29, 0.717) is 6.61 Å². The second kappa shape index (κ2) is 6.16. The topological polar surface area (TPSA) is 55.8 Å². The van der Waals surface area contributed by atoms with Crippen LogP contribution >= 0.6 is 15.9 Å². The van der Waals surface area contributed by atoms with Gasteiger partial charge in [-0.1, -0.05) is 34.1 Å². The van der Waals surface area contributed by atoms with E-state index in [9.17, 15) is 9.59 Å². The van der Waals surface area contributed by atoms with Gasteiger partial charge in [0.25, 0.3) is 5.91 Å². The largest absolute Gasteiger partial charge is 0.465 e. The average molecular weight is 328 g/mol. The van der Waals surface area contributed by atoms with Gasteiger partial charge in [-0.15, -0.1) is 0 Å². The maximum atomic E-state index is 11.8. The lowest BCUT2D eigenvalue weighted by atomic mass is 10.2. The molecule has 0 spiro atoms. The van der Waals surface area contributed by atoms with Gasteiger partial charge >= 0.3 is 5.97 Å². The second-order valence-corrected chi connectivity index (χ2v) is 4.87. The Kier molecular flexibility index (Phi) is 4.55. The van der Waals surface area contributed by atoms with Crippen LogP contribution in [0.15, 0.2) is 28.7 Å². The highest BCUT2D eigenvalue weighted by atomic mass is 79.9. The Morgan fingerprint density at radius 3 is 2.95 bits per heavy atom. The van der Waals surface area contributed by atoms with Crippen LogP contribution < -0.4 is 0 Å². The van der Waals surface area contributed by atoms with E-state index in [1.54, 1.807) is 6.92 Å². The molecule has 1 amide bonds. The number of halogens is 1. The molecule has 2 rings (SSSR count). The van der Waals surface area contributed by atoms with Gasteiger partial charge in [0.15, 0.2) is 6.23 Å². The Morgan fingerprint density at radius 2 is 2.26 bits per heavy atom. The van der Waals surface area contributed by atoms with Crippen LogP contribution in [0.25, 0.3) is 0 Å². The van der Waals surface area contributed by atoms with E-state index in [2.05, 4.69) is 15.9 Å². The number of ether oxygens (including phenoxy) is 2. The number of nitrogens with zero attached hydrogens (tertiary/aromatic N) is 1. The summed E-state index contributed by atoms with van der Waals surface area (Å²) in [6, 6.07) is 7.45. The maximum Gasteiger partial charge on any atom is 0.325 e. The molecule has 5 nitrogen and oxygen atoms in total. The summed E-state index contributed by atoms with van der Waals surface area (Å²) < 4.78 is 11.2. The van der Waals surface area contributed by atoms with Crippen LogP contribution in [-0.4, -0.2) is 36.5 Å². The predicted molar refractivity (Wildman–Crippen MR) is 71.2 cm³/mol. The lowest BCUT2D eigenvalue weighted by molar-refractivity contribution is -0.149. The molecule has 1 fully saturated rings. The van der Waals surface area contributed by atoms with Gasteiger partial charge in [0.05, 0.1) is 6.61 Å². The van der Waals surface area contributed by atoms with E-state index in [1.165, 1.54) is 4.90 Å². The SMILES string of the molecule is CCOC(=O)CN1C(=O)COC1c1ccccc1Br. The van der Waals surface area contributed by atoms with E-state index < -0.39 is 12.2 Å². The van der Waals surface area contributed by atoms with E-state index in [1.807, 2.05) is 24.3 Å². The third-order valence-electron chi connectivity index (χ3n) is 2.74. The quantitative estimate of drug-likeness (QED) is 0.792. The molecule has 0 aromatic heterocycles. The number of benzene rings is 1. The van der Waals surface area contributed by atoms with Crippen LogP contribution in [-0.2, 0) is 19.1 Å². The highest BCUT2D eigenvalue weighted by Gasteiger charge is 2.35. The minimum absolute atomic E-state index is 0.0224. The molecule has 0 bridgehead atoms. The first-order valence-corrected chi connectivity index (χ1v) is 6.74. The average Bonchev–Trinajstić information content (AvgIpc) is 2.72. The highest BCUT2D eigenvalue weighted by Crippen LogP contribution is 2.32. The van der Waals surface area contributed by atoms with Crippen LogP contribution in [0.5, 0.6) is 0 Å². The smallest absolute Gasteiger partial charge is 0.325 e. The molecule has 1 saturated heterocycles. The van der Waals surface area contributed by atoms with Gasteiger partial charge in [-0.3, -0.25) is 14.5 Å². The standard InChI is InChI=1S/C13H14BrNO4/c1-2-18-12(17)7-15-11(16)8-19-13(15)9-5-3-4-6-10(9)14/h3-6,13H,2,7-8H2,1H3. The Bertz CT molecular complexity index is 491. The molecule has 6 heteroatoms. The van der Waals surface area contributed by atoms with Crippen molar-refractivity contribution in [3.8, 4) is 0 Å².